The topological polar surface area (TPSA) is 115 Å². The Morgan fingerprint density at radius 3 is 2.65 bits per heavy atom. The first-order valence-electron chi connectivity index (χ1n) is 10.2. The number of halogens is 3. The van der Waals surface area contributed by atoms with E-state index in [0.29, 0.717) is 25.7 Å². The maximum atomic E-state index is 12.5. The maximum absolute atomic E-state index is 12.5. The number of pyridine rings is 1. The van der Waals surface area contributed by atoms with Gasteiger partial charge in [0.05, 0.1) is 0 Å². The lowest BCUT2D eigenvalue weighted by Crippen LogP contribution is -2.60. The summed E-state index contributed by atoms with van der Waals surface area (Å²) in [5, 5.41) is 2.50. The minimum atomic E-state index is -4.28. The molecular formula is C20H23F3N4O4. The number of hydrogen-bond donors (Lipinski definition) is 2. The molecule has 8 nitrogen and oxygen atoms in total. The molecule has 1 aliphatic heterocycles. The number of rotatable bonds is 7. The standard InChI is InChI=1S/C20H23F3N4O4/c21-20(22,23)5-1-4-14-17(29)27(18(30)26-14)11-7-19(8-11)9-12(10-19)31-16-13(15(24)28)3-2-6-25-16/h2-3,6,11-12,14H,1,4-5,7-10H2,(H2,24,28)(H,26,30). The third-order valence-corrected chi connectivity index (χ3v) is 6.34. The number of primary amides is 1. The zero-order valence-corrected chi connectivity index (χ0v) is 16.7. The van der Waals surface area contributed by atoms with E-state index in [9.17, 15) is 27.6 Å². The Kier molecular flexibility index (Phi) is 5.30. The molecule has 31 heavy (non-hydrogen) atoms. The van der Waals surface area contributed by atoms with Crippen molar-refractivity contribution in [3.8, 4) is 5.88 Å². The highest BCUT2D eigenvalue weighted by molar-refractivity contribution is 6.04. The van der Waals surface area contributed by atoms with Gasteiger partial charge in [-0.3, -0.25) is 14.5 Å². The van der Waals surface area contributed by atoms with Gasteiger partial charge >= 0.3 is 12.2 Å². The number of hydrogen-bond acceptors (Lipinski definition) is 5. The summed E-state index contributed by atoms with van der Waals surface area (Å²) >= 11 is 0. The second-order valence-corrected chi connectivity index (χ2v) is 8.65. The second-order valence-electron chi connectivity index (χ2n) is 8.65. The zero-order chi connectivity index (χ0) is 22.4. The smallest absolute Gasteiger partial charge is 0.389 e. The van der Waals surface area contributed by atoms with E-state index in [4.69, 9.17) is 10.5 Å². The van der Waals surface area contributed by atoms with Crippen molar-refractivity contribution in [2.45, 2.75) is 69.3 Å². The van der Waals surface area contributed by atoms with E-state index in [1.807, 2.05) is 0 Å². The molecule has 1 atom stereocenters. The first-order chi connectivity index (χ1) is 14.6. The largest absolute Gasteiger partial charge is 0.474 e. The molecule has 4 amide bonds. The number of carbonyl (C=O) groups is 3. The van der Waals surface area contributed by atoms with Crippen molar-refractivity contribution in [2.75, 3.05) is 0 Å². The van der Waals surface area contributed by atoms with E-state index in [0.717, 1.165) is 0 Å². The Bertz CT molecular complexity index is 893. The summed E-state index contributed by atoms with van der Waals surface area (Å²) in [4.78, 5) is 41.4. The number of aromatic nitrogens is 1. The predicted octanol–water partition coefficient (Wildman–Crippen LogP) is 2.52. The Hall–Kier alpha value is -2.85. The van der Waals surface area contributed by atoms with Crippen LogP contribution in [0.5, 0.6) is 5.88 Å². The van der Waals surface area contributed by atoms with Gasteiger partial charge in [0.1, 0.15) is 17.7 Å². The number of alkyl halides is 3. The predicted molar refractivity (Wildman–Crippen MR) is 101 cm³/mol. The van der Waals surface area contributed by atoms with Crippen LogP contribution in [0.2, 0.25) is 0 Å². The number of carbonyl (C=O) groups excluding carboxylic acids is 3. The summed E-state index contributed by atoms with van der Waals surface area (Å²) in [6, 6.07) is 1.47. The van der Waals surface area contributed by atoms with Crippen LogP contribution in [0.3, 0.4) is 0 Å². The average molecular weight is 440 g/mol. The molecule has 3 aliphatic rings. The molecule has 1 aromatic rings. The normalized spacial score (nSPS) is 30.0. The van der Waals surface area contributed by atoms with Crippen LogP contribution in [-0.2, 0) is 4.79 Å². The van der Waals surface area contributed by atoms with Crippen molar-refractivity contribution in [3.63, 3.8) is 0 Å². The molecule has 2 aliphatic carbocycles. The lowest BCUT2D eigenvalue weighted by atomic mass is 9.52. The van der Waals surface area contributed by atoms with Crippen LogP contribution >= 0.6 is 0 Å². The Balaban J connectivity index is 1.26. The first-order valence-corrected chi connectivity index (χ1v) is 10.2. The SMILES string of the molecule is NC(=O)c1cccnc1OC1CC2(C1)CC(N1C(=O)NC(CCCC(F)(F)F)C1=O)C2. The molecule has 3 N–H and O–H groups in total. The van der Waals surface area contributed by atoms with Gasteiger partial charge < -0.3 is 15.8 Å². The van der Waals surface area contributed by atoms with Crippen LogP contribution in [0.25, 0.3) is 0 Å². The van der Waals surface area contributed by atoms with Crippen molar-refractivity contribution in [1.82, 2.24) is 15.2 Å². The molecule has 3 fully saturated rings. The van der Waals surface area contributed by atoms with Crippen LogP contribution in [0.15, 0.2) is 18.3 Å². The Morgan fingerprint density at radius 1 is 1.29 bits per heavy atom. The monoisotopic (exact) mass is 440 g/mol. The number of ether oxygens (including phenoxy) is 1. The molecule has 1 unspecified atom stereocenters. The van der Waals surface area contributed by atoms with E-state index in [1.165, 1.54) is 11.1 Å². The number of nitrogens with zero attached hydrogens (tertiary/aromatic N) is 2. The summed E-state index contributed by atoms with van der Waals surface area (Å²) in [6.45, 7) is 0. The number of nitrogens with one attached hydrogen (secondary N) is 1. The number of nitrogens with two attached hydrogens (primary N) is 1. The van der Waals surface area contributed by atoms with Crippen molar-refractivity contribution in [2.24, 2.45) is 11.1 Å². The first kappa shape index (κ1) is 21.4. The van der Waals surface area contributed by atoms with Crippen LogP contribution in [0.4, 0.5) is 18.0 Å². The van der Waals surface area contributed by atoms with Crippen LogP contribution in [0.1, 0.15) is 55.3 Å². The van der Waals surface area contributed by atoms with Crippen LogP contribution < -0.4 is 15.8 Å². The molecule has 1 aromatic heterocycles. The lowest BCUT2D eigenvalue weighted by Gasteiger charge is -2.58. The molecular weight excluding hydrogens is 417 g/mol. The second kappa shape index (κ2) is 7.69. The van der Waals surface area contributed by atoms with Gasteiger partial charge in [-0.1, -0.05) is 0 Å². The van der Waals surface area contributed by atoms with Gasteiger partial charge in [-0.25, -0.2) is 9.78 Å². The van der Waals surface area contributed by atoms with Crippen molar-refractivity contribution >= 4 is 17.8 Å². The highest BCUT2D eigenvalue weighted by Gasteiger charge is 2.58. The Labute approximate surface area is 176 Å². The highest BCUT2D eigenvalue weighted by atomic mass is 19.4. The van der Waals surface area contributed by atoms with Gasteiger partial charge in [0.25, 0.3) is 11.8 Å². The molecule has 168 valence electrons. The molecule has 1 spiro atoms. The molecule has 0 bridgehead atoms. The average Bonchev–Trinajstić information content (AvgIpc) is 2.89. The minimum Gasteiger partial charge on any atom is -0.474 e. The number of imide groups is 1. The lowest BCUT2D eigenvalue weighted by molar-refractivity contribution is -0.143. The van der Waals surface area contributed by atoms with E-state index in [1.54, 1.807) is 12.1 Å². The van der Waals surface area contributed by atoms with Gasteiger partial charge in [0, 0.05) is 18.7 Å². The van der Waals surface area contributed by atoms with E-state index in [-0.39, 0.29) is 41.8 Å². The third kappa shape index (κ3) is 4.31. The summed E-state index contributed by atoms with van der Waals surface area (Å²) in [5.41, 5.74) is 5.51. The van der Waals surface area contributed by atoms with E-state index in [2.05, 4.69) is 10.3 Å². The number of urea groups is 1. The van der Waals surface area contributed by atoms with Gasteiger partial charge in [-0.05, 0) is 56.1 Å². The molecule has 2 saturated carbocycles. The van der Waals surface area contributed by atoms with E-state index < -0.39 is 36.5 Å². The third-order valence-electron chi connectivity index (χ3n) is 6.34. The fourth-order valence-corrected chi connectivity index (χ4v) is 4.87. The fraction of sp³-hybridized carbons (Fsp3) is 0.600. The highest BCUT2D eigenvalue weighted by Crippen LogP contribution is 2.58. The van der Waals surface area contributed by atoms with Gasteiger partial charge in [0.15, 0.2) is 0 Å². The van der Waals surface area contributed by atoms with Crippen LogP contribution in [-0.4, -0.2) is 52.1 Å². The molecule has 2 heterocycles. The summed E-state index contributed by atoms with van der Waals surface area (Å²) in [5.74, 6) is -0.871. The van der Waals surface area contributed by atoms with Crippen molar-refractivity contribution in [3.05, 3.63) is 23.9 Å². The minimum absolute atomic E-state index is 0.0272. The van der Waals surface area contributed by atoms with E-state index >= 15 is 0 Å². The Morgan fingerprint density at radius 2 is 2.00 bits per heavy atom. The zero-order valence-electron chi connectivity index (χ0n) is 16.7. The summed E-state index contributed by atoms with van der Waals surface area (Å²) < 4.78 is 42.7. The summed E-state index contributed by atoms with van der Waals surface area (Å²) in [6.07, 6.45) is -1.43. The summed E-state index contributed by atoms with van der Waals surface area (Å²) in [7, 11) is 0. The molecule has 1 saturated heterocycles. The van der Waals surface area contributed by atoms with Crippen molar-refractivity contribution < 1.29 is 32.3 Å². The number of amides is 4. The van der Waals surface area contributed by atoms with Gasteiger partial charge in [0.2, 0.25) is 5.88 Å². The van der Waals surface area contributed by atoms with Gasteiger partial charge in [-0.15, -0.1) is 0 Å². The maximum Gasteiger partial charge on any atom is 0.389 e. The quantitative estimate of drug-likeness (QED) is 0.633. The molecule has 11 heteroatoms. The van der Waals surface area contributed by atoms with Crippen molar-refractivity contribution in [1.29, 1.82) is 0 Å². The molecule has 0 aromatic carbocycles. The molecule has 0 radical (unpaired) electrons. The van der Waals surface area contributed by atoms with Gasteiger partial charge in [-0.2, -0.15) is 13.2 Å². The molecule has 4 rings (SSSR count). The van der Waals surface area contributed by atoms with Crippen LogP contribution in [0, 0.1) is 5.41 Å². The fourth-order valence-electron chi connectivity index (χ4n) is 4.87.